The van der Waals surface area contributed by atoms with Gasteiger partial charge in [0.1, 0.15) is 18.4 Å². The Morgan fingerprint density at radius 2 is 1.00 bits per heavy atom. The monoisotopic (exact) mass is 669 g/mol. The van der Waals surface area contributed by atoms with Crippen LogP contribution in [0.4, 0.5) is 0 Å². The summed E-state index contributed by atoms with van der Waals surface area (Å²) in [6.45, 7) is -3.13. The van der Waals surface area contributed by atoms with Crippen LogP contribution in [-0.4, -0.2) is 140 Å². The molecule has 2 unspecified atom stereocenters. The Labute approximate surface area is 265 Å². The molecule has 46 heavy (non-hydrogen) atoms. The minimum atomic E-state index is -4.71. The quantitative estimate of drug-likeness (QED) is 0.0837. The van der Waals surface area contributed by atoms with Crippen LogP contribution in [0, 0.1) is 0 Å². The summed E-state index contributed by atoms with van der Waals surface area (Å²) in [4.78, 5) is 70.1. The van der Waals surface area contributed by atoms with Gasteiger partial charge in [-0.05, 0) is 11.1 Å². The molecule has 2 aromatic carbocycles. The number of hydrogen-bond acceptors (Lipinski definition) is 10. The normalized spacial score (nSPS) is 13.2. The first-order valence-electron chi connectivity index (χ1n) is 14.1. The molecule has 17 heteroatoms. The second-order valence-corrected chi connectivity index (χ2v) is 12.0. The van der Waals surface area contributed by atoms with E-state index >= 15 is 0 Å². The molecule has 16 nitrogen and oxygen atoms in total. The Hall–Kier alpha value is -3.73. The average Bonchev–Trinajstić information content (AvgIpc) is 2.97. The SMILES string of the molecule is O=C(O)CN(CCN(CCN(CC(=O)O)C(COCc1ccccc1)C(=O)O)CP(=O)(O)O)C(COCc1ccccc1)C(=O)O. The van der Waals surface area contributed by atoms with Gasteiger partial charge in [0.2, 0.25) is 0 Å². The number of rotatable bonds is 24. The fraction of sp³-hybridized carbons (Fsp3) is 0.448. The van der Waals surface area contributed by atoms with Gasteiger partial charge in [0.05, 0.1) is 39.5 Å². The van der Waals surface area contributed by atoms with E-state index in [0.717, 1.165) is 20.9 Å². The van der Waals surface area contributed by atoms with E-state index in [4.69, 9.17) is 9.47 Å². The van der Waals surface area contributed by atoms with Gasteiger partial charge >= 0.3 is 31.5 Å². The van der Waals surface area contributed by atoms with Gasteiger partial charge in [0.15, 0.2) is 0 Å². The van der Waals surface area contributed by atoms with Crippen molar-refractivity contribution in [1.82, 2.24) is 14.7 Å². The third kappa shape index (κ3) is 15.5. The molecule has 0 fully saturated rings. The predicted octanol–water partition coefficient (Wildman–Crippen LogP) is 0.537. The lowest BCUT2D eigenvalue weighted by molar-refractivity contribution is -0.150. The van der Waals surface area contributed by atoms with Crippen molar-refractivity contribution in [3.05, 3.63) is 71.8 Å². The highest BCUT2D eigenvalue weighted by atomic mass is 31.2. The Morgan fingerprint density at radius 1 is 0.630 bits per heavy atom. The lowest BCUT2D eigenvalue weighted by Gasteiger charge is -2.33. The fourth-order valence-electron chi connectivity index (χ4n) is 4.48. The Morgan fingerprint density at radius 3 is 1.30 bits per heavy atom. The van der Waals surface area contributed by atoms with E-state index in [0.29, 0.717) is 0 Å². The van der Waals surface area contributed by atoms with Crippen LogP contribution >= 0.6 is 7.60 Å². The molecule has 0 heterocycles. The number of benzene rings is 2. The first-order chi connectivity index (χ1) is 21.7. The maximum absolute atomic E-state index is 12.1. The van der Waals surface area contributed by atoms with Crippen molar-refractivity contribution >= 4 is 31.5 Å². The Kier molecular flexibility index (Phi) is 16.5. The van der Waals surface area contributed by atoms with Crippen molar-refractivity contribution in [3.8, 4) is 0 Å². The smallest absolute Gasteiger partial charge is 0.339 e. The number of hydrogen-bond donors (Lipinski definition) is 6. The molecule has 2 atom stereocenters. The van der Waals surface area contributed by atoms with Gasteiger partial charge in [-0.3, -0.25) is 38.4 Å². The van der Waals surface area contributed by atoms with Gasteiger partial charge < -0.3 is 39.7 Å². The molecule has 0 aliphatic heterocycles. The van der Waals surface area contributed by atoms with Crippen LogP contribution in [0.3, 0.4) is 0 Å². The van der Waals surface area contributed by atoms with Crippen molar-refractivity contribution in [2.75, 3.05) is 58.8 Å². The van der Waals surface area contributed by atoms with Crippen LogP contribution in [0.5, 0.6) is 0 Å². The molecule has 0 amide bonds. The van der Waals surface area contributed by atoms with Crippen molar-refractivity contribution < 1.29 is 63.4 Å². The fourth-order valence-corrected chi connectivity index (χ4v) is 5.29. The molecule has 0 aliphatic rings. The molecule has 0 aliphatic carbocycles. The third-order valence-electron chi connectivity index (χ3n) is 6.69. The summed E-state index contributed by atoms with van der Waals surface area (Å²) in [6.07, 6.45) is -0.834. The molecule has 6 N–H and O–H groups in total. The van der Waals surface area contributed by atoms with E-state index in [2.05, 4.69) is 0 Å². The first-order valence-corrected chi connectivity index (χ1v) is 15.9. The molecule has 0 aromatic heterocycles. The third-order valence-corrected chi connectivity index (χ3v) is 7.46. The van der Waals surface area contributed by atoms with E-state index in [9.17, 15) is 54.0 Å². The minimum absolute atomic E-state index is 0.0646. The van der Waals surface area contributed by atoms with Gasteiger partial charge in [0.25, 0.3) is 0 Å². The number of aliphatic carboxylic acids is 4. The molecule has 2 rings (SSSR count). The van der Waals surface area contributed by atoms with Gasteiger partial charge in [-0.25, -0.2) is 0 Å². The minimum Gasteiger partial charge on any atom is -0.480 e. The second-order valence-electron chi connectivity index (χ2n) is 10.4. The second kappa shape index (κ2) is 19.7. The van der Waals surface area contributed by atoms with E-state index in [1.54, 1.807) is 60.7 Å². The van der Waals surface area contributed by atoms with Gasteiger partial charge in [-0.1, -0.05) is 60.7 Å². The van der Waals surface area contributed by atoms with Crippen LogP contribution < -0.4 is 0 Å². The number of carboxylic acid groups (broad SMARTS) is 4. The summed E-state index contributed by atoms with van der Waals surface area (Å²) in [5.74, 6) is -5.43. The summed E-state index contributed by atoms with van der Waals surface area (Å²) in [5, 5.41) is 38.6. The largest absolute Gasteiger partial charge is 0.480 e. The van der Waals surface area contributed by atoms with Crippen LogP contribution in [0.1, 0.15) is 11.1 Å². The van der Waals surface area contributed by atoms with E-state index in [1.807, 2.05) is 0 Å². The highest BCUT2D eigenvalue weighted by Crippen LogP contribution is 2.35. The predicted molar refractivity (Wildman–Crippen MR) is 162 cm³/mol. The maximum atomic E-state index is 12.1. The standard InChI is InChI=1S/C29H40N3O13P/c33-26(34)15-31(24(28(37)38)19-44-17-22-7-3-1-4-8-22)13-11-30(21-46(41,42)43)12-14-32(16-27(35)36)25(29(39)40)20-45-18-23-9-5-2-6-10-23/h1-10,24-25H,11-21H2,(H,33,34)(H,35,36)(H,37,38)(H,39,40)(H2,41,42,43). The molecule has 0 saturated heterocycles. The summed E-state index contributed by atoms with van der Waals surface area (Å²) >= 11 is 0. The Bertz CT molecular complexity index is 1210. The zero-order valence-electron chi connectivity index (χ0n) is 25.0. The zero-order chi connectivity index (χ0) is 34.1. The molecule has 0 bridgehead atoms. The van der Waals surface area contributed by atoms with Gasteiger partial charge in [-0.2, -0.15) is 0 Å². The molecule has 254 valence electrons. The summed E-state index contributed by atoms with van der Waals surface area (Å²) in [6, 6.07) is 14.9. The Balaban J connectivity index is 2.14. The summed E-state index contributed by atoms with van der Waals surface area (Å²) in [5.41, 5.74) is 1.53. The molecule has 0 saturated carbocycles. The number of carboxylic acids is 4. The number of ether oxygens (including phenoxy) is 2. The lowest BCUT2D eigenvalue weighted by Crippen LogP contribution is -2.51. The molecular weight excluding hydrogens is 629 g/mol. The number of nitrogens with zero attached hydrogens (tertiary/aromatic N) is 3. The van der Waals surface area contributed by atoms with Gasteiger partial charge in [-0.15, -0.1) is 0 Å². The first kappa shape index (κ1) is 38.5. The average molecular weight is 670 g/mol. The van der Waals surface area contributed by atoms with Gasteiger partial charge in [0, 0.05) is 26.2 Å². The zero-order valence-corrected chi connectivity index (χ0v) is 25.9. The van der Waals surface area contributed by atoms with E-state index < -0.39 is 62.9 Å². The highest BCUT2D eigenvalue weighted by molar-refractivity contribution is 7.51. The summed E-state index contributed by atoms with van der Waals surface area (Å²) in [7, 11) is -4.71. The highest BCUT2D eigenvalue weighted by Gasteiger charge is 2.31. The summed E-state index contributed by atoms with van der Waals surface area (Å²) < 4.78 is 23.0. The number of carbonyl (C=O) groups is 4. The molecule has 0 spiro atoms. The van der Waals surface area contributed by atoms with Crippen LogP contribution in [0.25, 0.3) is 0 Å². The maximum Gasteiger partial charge on any atom is 0.339 e. The van der Waals surface area contributed by atoms with Crippen molar-refractivity contribution in [2.24, 2.45) is 0 Å². The van der Waals surface area contributed by atoms with Crippen molar-refractivity contribution in [2.45, 2.75) is 25.3 Å². The van der Waals surface area contributed by atoms with Crippen LogP contribution in [0.15, 0.2) is 60.7 Å². The molecular formula is C29H40N3O13P. The lowest BCUT2D eigenvalue weighted by atomic mass is 10.2. The van der Waals surface area contributed by atoms with E-state index in [1.165, 1.54) is 4.90 Å². The topological polar surface area (TPSA) is 235 Å². The molecule has 0 radical (unpaired) electrons. The van der Waals surface area contributed by atoms with Crippen molar-refractivity contribution in [1.29, 1.82) is 0 Å². The van der Waals surface area contributed by atoms with E-state index in [-0.39, 0.29) is 52.6 Å². The van der Waals surface area contributed by atoms with Crippen LogP contribution in [0.2, 0.25) is 0 Å². The molecule has 2 aromatic rings. The van der Waals surface area contributed by atoms with Crippen LogP contribution in [-0.2, 0) is 46.4 Å². The van der Waals surface area contributed by atoms with Crippen molar-refractivity contribution in [3.63, 3.8) is 0 Å².